The number of anilines is 1. The SMILES string of the molecule is O=C(Nc1ccc(Cl)c(Cl)c1)c1scnc1C(F)(F)F. The predicted octanol–water partition coefficient (Wildman–Crippen LogP) is 4.72. The third-order valence-corrected chi connectivity index (χ3v) is 3.78. The zero-order valence-electron chi connectivity index (χ0n) is 9.46. The van der Waals surface area contributed by atoms with Gasteiger partial charge in [0.05, 0.1) is 15.6 Å². The average molecular weight is 341 g/mol. The fourth-order valence-electron chi connectivity index (χ4n) is 1.37. The Morgan fingerprint density at radius 3 is 2.55 bits per heavy atom. The molecule has 0 spiro atoms. The van der Waals surface area contributed by atoms with Gasteiger partial charge in [-0.3, -0.25) is 4.79 Å². The average Bonchev–Trinajstić information content (AvgIpc) is 2.83. The highest BCUT2D eigenvalue weighted by molar-refractivity contribution is 7.12. The van der Waals surface area contributed by atoms with Gasteiger partial charge in [-0.15, -0.1) is 11.3 Å². The van der Waals surface area contributed by atoms with Crippen LogP contribution in [0.1, 0.15) is 15.4 Å². The second-order valence-electron chi connectivity index (χ2n) is 3.61. The van der Waals surface area contributed by atoms with E-state index in [9.17, 15) is 18.0 Å². The molecule has 1 aromatic heterocycles. The molecular weight excluding hydrogens is 336 g/mol. The molecule has 0 saturated heterocycles. The number of rotatable bonds is 2. The first-order chi connectivity index (χ1) is 9.29. The largest absolute Gasteiger partial charge is 0.434 e. The summed E-state index contributed by atoms with van der Waals surface area (Å²) in [5, 5.41) is 2.77. The molecule has 1 N–H and O–H groups in total. The molecule has 0 fully saturated rings. The van der Waals surface area contributed by atoms with E-state index in [1.807, 2.05) is 0 Å². The fraction of sp³-hybridized carbons (Fsp3) is 0.0909. The van der Waals surface area contributed by atoms with Crippen molar-refractivity contribution in [2.24, 2.45) is 0 Å². The summed E-state index contributed by atoms with van der Waals surface area (Å²) in [6.45, 7) is 0. The van der Waals surface area contributed by atoms with Crippen molar-refractivity contribution < 1.29 is 18.0 Å². The van der Waals surface area contributed by atoms with Crippen molar-refractivity contribution in [1.82, 2.24) is 4.98 Å². The lowest BCUT2D eigenvalue weighted by Crippen LogP contribution is -2.17. The number of carbonyl (C=O) groups excluding carboxylic acids is 1. The highest BCUT2D eigenvalue weighted by Crippen LogP contribution is 2.33. The summed E-state index contributed by atoms with van der Waals surface area (Å²) in [6, 6.07) is 4.20. The molecule has 0 aliphatic carbocycles. The molecule has 2 aromatic rings. The summed E-state index contributed by atoms with van der Waals surface area (Å²) in [4.78, 5) is 14.5. The van der Waals surface area contributed by atoms with Crippen molar-refractivity contribution in [3.05, 3.63) is 44.3 Å². The number of aromatic nitrogens is 1. The molecule has 0 radical (unpaired) electrons. The summed E-state index contributed by atoms with van der Waals surface area (Å²) in [5.41, 5.74) is -0.00182. The summed E-state index contributed by atoms with van der Waals surface area (Å²) < 4.78 is 37.9. The monoisotopic (exact) mass is 340 g/mol. The maximum Gasteiger partial charge on any atom is 0.434 e. The van der Waals surface area contributed by atoms with Crippen molar-refractivity contribution in [3.8, 4) is 0 Å². The number of hydrogen-bond donors (Lipinski definition) is 1. The maximum absolute atomic E-state index is 12.6. The zero-order chi connectivity index (χ0) is 14.9. The number of hydrogen-bond acceptors (Lipinski definition) is 3. The fourth-order valence-corrected chi connectivity index (χ4v) is 2.37. The Morgan fingerprint density at radius 2 is 1.95 bits per heavy atom. The minimum Gasteiger partial charge on any atom is -0.321 e. The molecule has 0 bridgehead atoms. The minimum atomic E-state index is -4.68. The van der Waals surface area contributed by atoms with Gasteiger partial charge in [-0.05, 0) is 18.2 Å². The van der Waals surface area contributed by atoms with Crippen LogP contribution < -0.4 is 5.32 Å². The Hall–Kier alpha value is -1.31. The quantitative estimate of drug-likeness (QED) is 0.859. The predicted molar refractivity (Wildman–Crippen MR) is 71.5 cm³/mol. The van der Waals surface area contributed by atoms with E-state index in [0.29, 0.717) is 11.3 Å². The van der Waals surface area contributed by atoms with Crippen LogP contribution in [0.25, 0.3) is 0 Å². The van der Waals surface area contributed by atoms with Crippen LogP contribution in [0.3, 0.4) is 0 Å². The van der Waals surface area contributed by atoms with E-state index in [-0.39, 0.29) is 15.7 Å². The summed E-state index contributed by atoms with van der Waals surface area (Å²) in [6.07, 6.45) is -4.68. The number of alkyl halides is 3. The molecule has 106 valence electrons. The molecule has 0 aliphatic rings. The molecule has 3 nitrogen and oxygen atoms in total. The lowest BCUT2D eigenvalue weighted by atomic mass is 10.3. The third kappa shape index (κ3) is 3.23. The second-order valence-corrected chi connectivity index (χ2v) is 5.28. The smallest absolute Gasteiger partial charge is 0.321 e. The highest BCUT2D eigenvalue weighted by Gasteiger charge is 2.38. The Kier molecular flexibility index (Phi) is 4.22. The van der Waals surface area contributed by atoms with Gasteiger partial charge in [-0.1, -0.05) is 23.2 Å². The van der Waals surface area contributed by atoms with Crippen LogP contribution >= 0.6 is 34.5 Å². The van der Waals surface area contributed by atoms with E-state index in [2.05, 4.69) is 10.3 Å². The number of thiazole rings is 1. The Balaban J connectivity index is 2.25. The summed E-state index contributed by atoms with van der Waals surface area (Å²) in [5.74, 6) is -0.904. The summed E-state index contributed by atoms with van der Waals surface area (Å²) in [7, 11) is 0. The van der Waals surface area contributed by atoms with Gasteiger partial charge in [-0.2, -0.15) is 13.2 Å². The van der Waals surface area contributed by atoms with Crippen molar-refractivity contribution in [1.29, 1.82) is 0 Å². The molecule has 20 heavy (non-hydrogen) atoms. The van der Waals surface area contributed by atoms with E-state index in [4.69, 9.17) is 23.2 Å². The molecule has 1 amide bonds. The van der Waals surface area contributed by atoms with E-state index < -0.39 is 22.7 Å². The molecule has 0 atom stereocenters. The number of carbonyl (C=O) groups is 1. The molecule has 0 unspecified atom stereocenters. The van der Waals surface area contributed by atoms with Crippen molar-refractivity contribution in [2.75, 3.05) is 5.32 Å². The van der Waals surface area contributed by atoms with Crippen LogP contribution in [0.2, 0.25) is 10.0 Å². The van der Waals surface area contributed by atoms with Gasteiger partial charge in [0.15, 0.2) is 5.69 Å². The first kappa shape index (κ1) is 15.1. The number of amides is 1. The number of nitrogens with zero attached hydrogens (tertiary/aromatic N) is 1. The number of nitrogens with one attached hydrogen (secondary N) is 1. The zero-order valence-corrected chi connectivity index (χ0v) is 11.8. The third-order valence-electron chi connectivity index (χ3n) is 2.22. The standard InChI is InChI=1S/C11H5Cl2F3N2OS/c12-6-2-1-5(3-7(6)13)18-10(19)8-9(11(14,15)16)17-4-20-8/h1-4H,(H,18,19). The van der Waals surface area contributed by atoms with Crippen LogP contribution in [0.15, 0.2) is 23.7 Å². The van der Waals surface area contributed by atoms with Crippen LogP contribution in [0.4, 0.5) is 18.9 Å². The van der Waals surface area contributed by atoms with Gasteiger partial charge < -0.3 is 5.32 Å². The molecule has 1 heterocycles. The molecule has 2 rings (SSSR count). The van der Waals surface area contributed by atoms with Crippen LogP contribution in [-0.4, -0.2) is 10.9 Å². The van der Waals surface area contributed by atoms with Crippen LogP contribution in [0, 0.1) is 0 Å². The normalized spacial score (nSPS) is 11.4. The van der Waals surface area contributed by atoms with E-state index in [1.165, 1.54) is 18.2 Å². The van der Waals surface area contributed by atoms with Gasteiger partial charge >= 0.3 is 6.18 Å². The van der Waals surface area contributed by atoms with Gasteiger partial charge in [0, 0.05) is 5.69 Å². The van der Waals surface area contributed by atoms with Gasteiger partial charge in [0.1, 0.15) is 4.88 Å². The Morgan fingerprint density at radius 1 is 1.25 bits per heavy atom. The van der Waals surface area contributed by atoms with Crippen molar-refractivity contribution in [3.63, 3.8) is 0 Å². The Labute approximate surface area is 125 Å². The first-order valence-electron chi connectivity index (χ1n) is 5.06. The molecular formula is C11H5Cl2F3N2OS. The lowest BCUT2D eigenvalue weighted by Gasteiger charge is -2.08. The van der Waals surface area contributed by atoms with Crippen LogP contribution in [0.5, 0.6) is 0 Å². The van der Waals surface area contributed by atoms with Crippen LogP contribution in [-0.2, 0) is 6.18 Å². The number of benzene rings is 1. The van der Waals surface area contributed by atoms with Gasteiger partial charge in [-0.25, -0.2) is 4.98 Å². The minimum absolute atomic E-state index is 0.185. The summed E-state index contributed by atoms with van der Waals surface area (Å²) >= 11 is 12.1. The van der Waals surface area contributed by atoms with E-state index in [1.54, 1.807) is 0 Å². The number of halogens is 5. The van der Waals surface area contributed by atoms with E-state index in [0.717, 1.165) is 5.51 Å². The van der Waals surface area contributed by atoms with Gasteiger partial charge in [0.2, 0.25) is 0 Å². The highest BCUT2D eigenvalue weighted by atomic mass is 35.5. The Bertz CT molecular complexity index is 657. The van der Waals surface area contributed by atoms with E-state index >= 15 is 0 Å². The lowest BCUT2D eigenvalue weighted by molar-refractivity contribution is -0.141. The van der Waals surface area contributed by atoms with Crippen molar-refractivity contribution >= 4 is 46.1 Å². The van der Waals surface area contributed by atoms with Gasteiger partial charge in [0.25, 0.3) is 5.91 Å². The molecule has 1 aromatic carbocycles. The molecule has 9 heteroatoms. The maximum atomic E-state index is 12.6. The molecule has 0 aliphatic heterocycles. The first-order valence-corrected chi connectivity index (χ1v) is 6.69. The topological polar surface area (TPSA) is 42.0 Å². The molecule has 0 saturated carbocycles. The second kappa shape index (κ2) is 5.59. The van der Waals surface area contributed by atoms with Crippen molar-refractivity contribution in [2.45, 2.75) is 6.18 Å².